The van der Waals surface area contributed by atoms with Gasteiger partial charge in [-0.2, -0.15) is 0 Å². The molecule has 0 aliphatic rings. The molecule has 84 valence electrons. The van der Waals surface area contributed by atoms with Crippen LogP contribution in [-0.2, 0) is 11.3 Å². The zero-order valence-corrected chi connectivity index (χ0v) is 9.74. The van der Waals surface area contributed by atoms with E-state index in [1.165, 1.54) is 5.56 Å². The van der Waals surface area contributed by atoms with Crippen molar-refractivity contribution in [3.8, 4) is 0 Å². The summed E-state index contributed by atoms with van der Waals surface area (Å²) in [7, 11) is 0. The molecule has 0 spiro atoms. The number of benzene rings is 1. The van der Waals surface area contributed by atoms with Gasteiger partial charge in [0.15, 0.2) is 0 Å². The summed E-state index contributed by atoms with van der Waals surface area (Å²) in [6.07, 6.45) is 1.91. The number of carboxylic acid groups (broad SMARTS) is 1. The Labute approximate surface area is 94.3 Å². The van der Waals surface area contributed by atoms with Gasteiger partial charge in [-0.15, -0.1) is 0 Å². The second-order valence-electron chi connectivity index (χ2n) is 4.31. The third-order valence-electron chi connectivity index (χ3n) is 2.81. The minimum atomic E-state index is -0.808. The van der Waals surface area contributed by atoms with Crippen molar-refractivity contribution in [1.82, 2.24) is 4.57 Å². The monoisotopic (exact) mass is 217 g/mol. The number of carbonyl (C=O) groups is 1. The summed E-state index contributed by atoms with van der Waals surface area (Å²) in [6, 6.07) is 4.19. The zero-order chi connectivity index (χ0) is 11.9. The Hall–Kier alpha value is -1.77. The first-order valence-corrected chi connectivity index (χ1v) is 5.27. The lowest BCUT2D eigenvalue weighted by Gasteiger charge is -2.05. The van der Waals surface area contributed by atoms with Gasteiger partial charge in [-0.3, -0.25) is 4.79 Å². The fourth-order valence-electron chi connectivity index (χ4n) is 2.28. The molecule has 3 heteroatoms. The molecule has 0 atom stereocenters. The summed E-state index contributed by atoms with van der Waals surface area (Å²) in [6.45, 7) is 6.11. The first kappa shape index (κ1) is 10.7. The molecule has 3 nitrogen and oxygen atoms in total. The van der Waals surface area contributed by atoms with Crippen LogP contribution in [-0.4, -0.2) is 15.6 Å². The maximum atomic E-state index is 10.8. The van der Waals surface area contributed by atoms with E-state index in [1.54, 1.807) is 0 Å². The summed E-state index contributed by atoms with van der Waals surface area (Å²) >= 11 is 0. The second kappa shape index (κ2) is 3.67. The van der Waals surface area contributed by atoms with Crippen molar-refractivity contribution < 1.29 is 9.90 Å². The third kappa shape index (κ3) is 1.69. The number of hydrogen-bond donors (Lipinski definition) is 1. The van der Waals surface area contributed by atoms with Crippen LogP contribution in [0.5, 0.6) is 0 Å². The summed E-state index contributed by atoms with van der Waals surface area (Å²) in [5, 5.41) is 10.0. The SMILES string of the molecule is Cc1cc(C)c2c(c1)c(C)cn2CC(=O)O. The van der Waals surface area contributed by atoms with Gasteiger partial charge in [0, 0.05) is 11.6 Å². The molecule has 0 fully saturated rings. The van der Waals surface area contributed by atoms with Crippen molar-refractivity contribution in [3.05, 3.63) is 35.0 Å². The first-order chi connectivity index (χ1) is 7.49. The van der Waals surface area contributed by atoms with Crippen molar-refractivity contribution in [2.24, 2.45) is 0 Å². The maximum absolute atomic E-state index is 10.8. The highest BCUT2D eigenvalue weighted by Gasteiger charge is 2.10. The molecule has 1 heterocycles. The molecule has 1 N–H and O–H groups in total. The zero-order valence-electron chi connectivity index (χ0n) is 9.74. The predicted molar refractivity (Wildman–Crippen MR) is 63.8 cm³/mol. The Bertz CT molecular complexity index is 567. The number of fused-ring (bicyclic) bond motifs is 1. The molecule has 0 unspecified atom stereocenters. The molecule has 16 heavy (non-hydrogen) atoms. The van der Waals surface area contributed by atoms with Gasteiger partial charge in [-0.05, 0) is 38.0 Å². The fourth-order valence-corrected chi connectivity index (χ4v) is 2.28. The van der Waals surface area contributed by atoms with Gasteiger partial charge in [0.2, 0.25) is 0 Å². The van der Waals surface area contributed by atoms with Crippen LogP contribution in [0.1, 0.15) is 16.7 Å². The van der Waals surface area contributed by atoms with E-state index in [0.29, 0.717) is 0 Å². The van der Waals surface area contributed by atoms with Gasteiger partial charge in [0.25, 0.3) is 0 Å². The summed E-state index contributed by atoms with van der Waals surface area (Å²) in [5.74, 6) is -0.808. The van der Waals surface area contributed by atoms with E-state index in [0.717, 1.165) is 22.0 Å². The highest BCUT2D eigenvalue weighted by atomic mass is 16.4. The minimum Gasteiger partial charge on any atom is -0.480 e. The molecule has 0 amide bonds. The van der Waals surface area contributed by atoms with Crippen LogP contribution in [0.2, 0.25) is 0 Å². The smallest absolute Gasteiger partial charge is 0.323 e. The topological polar surface area (TPSA) is 42.2 Å². The lowest BCUT2D eigenvalue weighted by Crippen LogP contribution is -2.07. The van der Waals surface area contributed by atoms with Crippen molar-refractivity contribution in [2.45, 2.75) is 27.3 Å². The van der Waals surface area contributed by atoms with Crippen molar-refractivity contribution in [3.63, 3.8) is 0 Å². The van der Waals surface area contributed by atoms with E-state index in [1.807, 2.05) is 24.6 Å². The molecule has 0 aliphatic carbocycles. The fraction of sp³-hybridized carbons (Fsp3) is 0.308. The van der Waals surface area contributed by atoms with Crippen LogP contribution in [0.25, 0.3) is 10.9 Å². The first-order valence-electron chi connectivity index (χ1n) is 5.27. The van der Waals surface area contributed by atoms with Gasteiger partial charge < -0.3 is 9.67 Å². The van der Waals surface area contributed by atoms with Gasteiger partial charge in [-0.1, -0.05) is 11.6 Å². The number of nitrogens with zero attached hydrogens (tertiary/aromatic N) is 1. The maximum Gasteiger partial charge on any atom is 0.323 e. The van der Waals surface area contributed by atoms with Crippen LogP contribution < -0.4 is 0 Å². The number of hydrogen-bond acceptors (Lipinski definition) is 1. The Balaban J connectivity index is 2.73. The van der Waals surface area contributed by atoms with Crippen molar-refractivity contribution >= 4 is 16.9 Å². The Morgan fingerprint density at radius 1 is 1.25 bits per heavy atom. The van der Waals surface area contributed by atoms with Gasteiger partial charge >= 0.3 is 5.97 Å². The normalized spacial score (nSPS) is 10.9. The molecule has 1 aromatic heterocycles. The Morgan fingerprint density at radius 2 is 1.94 bits per heavy atom. The molecule has 0 aliphatic heterocycles. The molecule has 0 saturated carbocycles. The van der Waals surface area contributed by atoms with Crippen LogP contribution in [0.3, 0.4) is 0 Å². The Morgan fingerprint density at radius 3 is 2.56 bits per heavy atom. The summed E-state index contributed by atoms with van der Waals surface area (Å²) in [5.41, 5.74) is 4.50. The summed E-state index contributed by atoms with van der Waals surface area (Å²) in [4.78, 5) is 10.8. The number of aromatic nitrogens is 1. The van der Waals surface area contributed by atoms with Gasteiger partial charge in [-0.25, -0.2) is 0 Å². The minimum absolute atomic E-state index is 0.0221. The Kier molecular flexibility index (Phi) is 2.46. The molecular formula is C13H15NO2. The molecule has 0 saturated heterocycles. The van der Waals surface area contributed by atoms with E-state index in [-0.39, 0.29) is 6.54 Å². The van der Waals surface area contributed by atoms with E-state index >= 15 is 0 Å². The van der Waals surface area contributed by atoms with Crippen LogP contribution >= 0.6 is 0 Å². The quantitative estimate of drug-likeness (QED) is 0.840. The van der Waals surface area contributed by atoms with Gasteiger partial charge in [0.05, 0.1) is 5.52 Å². The highest BCUT2D eigenvalue weighted by molar-refractivity contribution is 5.88. The van der Waals surface area contributed by atoms with Crippen LogP contribution in [0, 0.1) is 20.8 Å². The van der Waals surface area contributed by atoms with E-state index in [4.69, 9.17) is 5.11 Å². The molecule has 2 rings (SSSR count). The second-order valence-corrected chi connectivity index (χ2v) is 4.31. The van der Waals surface area contributed by atoms with Crippen molar-refractivity contribution in [1.29, 1.82) is 0 Å². The summed E-state index contributed by atoms with van der Waals surface area (Å²) < 4.78 is 1.81. The molecular weight excluding hydrogens is 202 g/mol. The standard InChI is InChI=1S/C13H15NO2/c1-8-4-9(2)13-11(5-8)10(3)6-14(13)7-12(15)16/h4-6H,7H2,1-3H3,(H,15,16). The van der Waals surface area contributed by atoms with E-state index in [9.17, 15) is 4.79 Å². The van der Waals surface area contributed by atoms with E-state index in [2.05, 4.69) is 19.1 Å². The van der Waals surface area contributed by atoms with Crippen LogP contribution in [0.15, 0.2) is 18.3 Å². The number of rotatable bonds is 2. The lowest BCUT2D eigenvalue weighted by molar-refractivity contribution is -0.137. The molecule has 1 aromatic carbocycles. The molecule has 0 bridgehead atoms. The number of aryl methyl sites for hydroxylation is 3. The number of aliphatic carboxylic acids is 1. The predicted octanol–water partition coefficient (Wildman–Crippen LogP) is 2.65. The van der Waals surface area contributed by atoms with Crippen molar-refractivity contribution in [2.75, 3.05) is 0 Å². The molecule has 2 aromatic rings. The third-order valence-corrected chi connectivity index (χ3v) is 2.81. The average Bonchev–Trinajstić information content (AvgIpc) is 2.42. The van der Waals surface area contributed by atoms with Gasteiger partial charge in [0.1, 0.15) is 6.54 Å². The number of carboxylic acids is 1. The largest absolute Gasteiger partial charge is 0.480 e. The highest BCUT2D eigenvalue weighted by Crippen LogP contribution is 2.25. The average molecular weight is 217 g/mol. The molecule has 0 radical (unpaired) electrons. The van der Waals surface area contributed by atoms with E-state index < -0.39 is 5.97 Å². The lowest BCUT2D eigenvalue weighted by atomic mass is 10.1. The van der Waals surface area contributed by atoms with Crippen LogP contribution in [0.4, 0.5) is 0 Å².